The van der Waals surface area contributed by atoms with E-state index >= 15 is 0 Å². The molecule has 0 bridgehead atoms. The van der Waals surface area contributed by atoms with E-state index in [0.717, 1.165) is 12.8 Å². The summed E-state index contributed by atoms with van der Waals surface area (Å²) < 4.78 is 0. The molecule has 1 rings (SSSR count). The Balaban J connectivity index is 2.35. The molecule has 1 saturated heterocycles. The van der Waals surface area contributed by atoms with E-state index in [1.165, 1.54) is 25.0 Å². The Hall–Kier alpha value is -0.560. The van der Waals surface area contributed by atoms with Gasteiger partial charge in [-0.05, 0) is 39.3 Å². The molecule has 0 radical (unpaired) electrons. The summed E-state index contributed by atoms with van der Waals surface area (Å²) in [5.41, 5.74) is 1.38. The molecule has 1 atom stereocenters. The molecule has 1 heteroatoms. The van der Waals surface area contributed by atoms with E-state index in [1.807, 2.05) is 6.08 Å². The molecule has 12 heavy (non-hydrogen) atoms. The van der Waals surface area contributed by atoms with Crippen molar-refractivity contribution in [3.8, 4) is 0 Å². The number of rotatable bonds is 4. The molecule has 1 unspecified atom stereocenters. The highest BCUT2D eigenvalue weighted by Gasteiger charge is 2.22. The molecule has 1 heterocycles. The van der Waals surface area contributed by atoms with Crippen LogP contribution in [0.5, 0.6) is 0 Å². The van der Waals surface area contributed by atoms with Crippen molar-refractivity contribution in [2.75, 3.05) is 13.6 Å². The van der Waals surface area contributed by atoms with Crippen molar-refractivity contribution in [1.82, 2.24) is 4.90 Å². The molecule has 0 aromatic rings. The van der Waals surface area contributed by atoms with Crippen LogP contribution in [0, 0.1) is 0 Å². The number of likely N-dealkylation sites (tertiary alicyclic amines) is 1. The van der Waals surface area contributed by atoms with Crippen molar-refractivity contribution in [2.45, 2.75) is 31.7 Å². The van der Waals surface area contributed by atoms with Crippen LogP contribution in [0.25, 0.3) is 0 Å². The minimum atomic E-state index is 0.643. The number of hydrogen-bond acceptors (Lipinski definition) is 1. The van der Waals surface area contributed by atoms with E-state index < -0.39 is 0 Å². The van der Waals surface area contributed by atoms with Gasteiger partial charge in [-0.1, -0.05) is 18.2 Å². The quantitative estimate of drug-likeness (QED) is 0.579. The van der Waals surface area contributed by atoms with Crippen molar-refractivity contribution in [1.29, 1.82) is 0 Å². The maximum absolute atomic E-state index is 4.14. The molecule has 1 fully saturated rings. The van der Waals surface area contributed by atoms with E-state index in [0.29, 0.717) is 6.04 Å². The van der Waals surface area contributed by atoms with Gasteiger partial charge in [-0.15, -0.1) is 6.58 Å². The average Bonchev–Trinajstić information content (AvgIpc) is 2.47. The van der Waals surface area contributed by atoms with Crippen LogP contribution in [0.1, 0.15) is 25.7 Å². The lowest BCUT2D eigenvalue weighted by Crippen LogP contribution is -2.26. The Morgan fingerprint density at radius 3 is 2.92 bits per heavy atom. The van der Waals surface area contributed by atoms with E-state index in [9.17, 15) is 0 Å². The number of nitrogens with zero attached hydrogens (tertiary/aromatic N) is 1. The fraction of sp³-hybridized carbons (Fsp3) is 0.636. The highest BCUT2D eigenvalue weighted by Crippen LogP contribution is 2.23. The first-order chi connectivity index (χ1) is 5.75. The molecule has 1 aliphatic rings. The normalized spacial score (nSPS) is 24.2. The second kappa shape index (κ2) is 4.46. The molecular weight excluding hydrogens is 146 g/mol. The van der Waals surface area contributed by atoms with Crippen molar-refractivity contribution in [2.24, 2.45) is 0 Å². The summed E-state index contributed by atoms with van der Waals surface area (Å²) >= 11 is 0. The van der Waals surface area contributed by atoms with Crippen LogP contribution in [0.3, 0.4) is 0 Å². The summed E-state index contributed by atoms with van der Waals surface area (Å²) in [5.74, 6) is 0. The van der Waals surface area contributed by atoms with Crippen LogP contribution in [0.15, 0.2) is 24.8 Å². The predicted octanol–water partition coefficient (Wildman–Crippen LogP) is 2.60. The summed E-state index contributed by atoms with van der Waals surface area (Å²) in [6, 6.07) is 0.643. The van der Waals surface area contributed by atoms with Crippen LogP contribution in [0.4, 0.5) is 0 Å². The zero-order valence-corrected chi connectivity index (χ0v) is 8.05. The molecule has 1 aliphatic heterocycles. The van der Waals surface area contributed by atoms with Gasteiger partial charge in [-0.3, -0.25) is 4.90 Å². The fourth-order valence-corrected chi connectivity index (χ4v) is 1.88. The smallest absolute Gasteiger partial charge is 0.0302 e. The first-order valence-electron chi connectivity index (χ1n) is 4.74. The van der Waals surface area contributed by atoms with Gasteiger partial charge in [0.25, 0.3) is 0 Å². The van der Waals surface area contributed by atoms with Crippen LogP contribution >= 0.6 is 0 Å². The monoisotopic (exact) mass is 165 g/mol. The van der Waals surface area contributed by atoms with Crippen molar-refractivity contribution < 1.29 is 0 Å². The highest BCUT2D eigenvalue weighted by molar-refractivity contribution is 5.08. The SMILES string of the molecule is C=CCCC(=C)C1CCCN1C. The first-order valence-corrected chi connectivity index (χ1v) is 4.74. The summed E-state index contributed by atoms with van der Waals surface area (Å²) in [5, 5.41) is 0. The molecule has 0 amide bonds. The standard InChI is InChI=1S/C11H19N/c1-4-5-7-10(2)11-8-6-9-12(11)3/h4,11H,1-2,5-9H2,3H3. The summed E-state index contributed by atoms with van der Waals surface area (Å²) in [7, 11) is 2.19. The third-order valence-corrected chi connectivity index (χ3v) is 2.66. The number of hydrogen-bond donors (Lipinski definition) is 0. The fourth-order valence-electron chi connectivity index (χ4n) is 1.88. The largest absolute Gasteiger partial charge is 0.300 e. The lowest BCUT2D eigenvalue weighted by Gasteiger charge is -2.21. The summed E-state index contributed by atoms with van der Waals surface area (Å²) in [6.07, 6.45) is 6.78. The van der Waals surface area contributed by atoms with Gasteiger partial charge < -0.3 is 0 Å². The second-order valence-electron chi connectivity index (χ2n) is 3.62. The van der Waals surface area contributed by atoms with Crippen molar-refractivity contribution >= 4 is 0 Å². The van der Waals surface area contributed by atoms with Crippen LogP contribution in [-0.2, 0) is 0 Å². The molecule has 0 aliphatic carbocycles. The molecule has 0 N–H and O–H groups in total. The molecule has 0 saturated carbocycles. The molecule has 1 nitrogen and oxygen atoms in total. The predicted molar refractivity (Wildman–Crippen MR) is 54.2 cm³/mol. The minimum absolute atomic E-state index is 0.643. The van der Waals surface area contributed by atoms with Crippen LogP contribution in [-0.4, -0.2) is 24.5 Å². The second-order valence-corrected chi connectivity index (χ2v) is 3.62. The maximum atomic E-state index is 4.14. The van der Waals surface area contributed by atoms with Gasteiger partial charge in [0.1, 0.15) is 0 Å². The Kier molecular flexibility index (Phi) is 3.54. The molecule has 68 valence electrons. The maximum Gasteiger partial charge on any atom is 0.0302 e. The van der Waals surface area contributed by atoms with Crippen LogP contribution < -0.4 is 0 Å². The van der Waals surface area contributed by atoms with Gasteiger partial charge in [0, 0.05) is 6.04 Å². The lowest BCUT2D eigenvalue weighted by atomic mass is 10.0. The Bertz CT molecular complexity index is 172. The Morgan fingerprint density at radius 1 is 1.67 bits per heavy atom. The van der Waals surface area contributed by atoms with Crippen molar-refractivity contribution in [3.63, 3.8) is 0 Å². The van der Waals surface area contributed by atoms with Crippen molar-refractivity contribution in [3.05, 3.63) is 24.8 Å². The minimum Gasteiger partial charge on any atom is -0.300 e. The Morgan fingerprint density at radius 2 is 2.42 bits per heavy atom. The molecule has 0 aromatic heterocycles. The van der Waals surface area contributed by atoms with E-state index in [1.54, 1.807) is 0 Å². The number of allylic oxidation sites excluding steroid dienone is 1. The van der Waals surface area contributed by atoms with E-state index in [4.69, 9.17) is 0 Å². The van der Waals surface area contributed by atoms with Crippen LogP contribution in [0.2, 0.25) is 0 Å². The highest BCUT2D eigenvalue weighted by atomic mass is 15.1. The van der Waals surface area contributed by atoms with E-state index in [2.05, 4.69) is 25.1 Å². The molecular formula is C11H19N. The third-order valence-electron chi connectivity index (χ3n) is 2.66. The summed E-state index contributed by atoms with van der Waals surface area (Å²) in [4.78, 5) is 2.41. The topological polar surface area (TPSA) is 3.24 Å². The van der Waals surface area contributed by atoms with Gasteiger partial charge in [-0.25, -0.2) is 0 Å². The lowest BCUT2D eigenvalue weighted by molar-refractivity contribution is 0.340. The summed E-state index contributed by atoms with van der Waals surface area (Å²) in [6.45, 7) is 9.09. The zero-order valence-electron chi connectivity index (χ0n) is 8.05. The van der Waals surface area contributed by atoms with Gasteiger partial charge in [0.15, 0.2) is 0 Å². The average molecular weight is 165 g/mol. The third kappa shape index (κ3) is 2.21. The Labute approximate surface area is 75.8 Å². The zero-order chi connectivity index (χ0) is 8.97. The van der Waals surface area contributed by atoms with E-state index in [-0.39, 0.29) is 0 Å². The van der Waals surface area contributed by atoms with Gasteiger partial charge >= 0.3 is 0 Å². The molecule has 0 aromatic carbocycles. The molecule has 0 spiro atoms. The van der Waals surface area contributed by atoms with Gasteiger partial charge in [0.05, 0.1) is 0 Å². The van der Waals surface area contributed by atoms with Gasteiger partial charge in [-0.2, -0.15) is 0 Å². The first kappa shape index (κ1) is 9.53. The van der Waals surface area contributed by atoms with Gasteiger partial charge in [0.2, 0.25) is 0 Å². The number of likely N-dealkylation sites (N-methyl/N-ethyl adjacent to an activating group) is 1.